The van der Waals surface area contributed by atoms with Crippen molar-refractivity contribution in [2.75, 3.05) is 6.54 Å². The third-order valence-electron chi connectivity index (χ3n) is 1.54. The van der Waals surface area contributed by atoms with Crippen LogP contribution in [0.4, 0.5) is 4.79 Å². The van der Waals surface area contributed by atoms with E-state index in [2.05, 4.69) is 11.2 Å². The Hall–Kier alpha value is -2.23. The van der Waals surface area contributed by atoms with Crippen molar-refractivity contribution in [2.45, 2.75) is 18.9 Å². The topological polar surface area (TPSA) is 116 Å². The zero-order valence-electron chi connectivity index (χ0n) is 8.40. The molecule has 0 spiro atoms. The van der Waals surface area contributed by atoms with Gasteiger partial charge < -0.3 is 20.8 Å². The van der Waals surface area contributed by atoms with Crippen LogP contribution in [-0.4, -0.2) is 40.8 Å². The number of carbonyl (C=O) groups excluding carboxylic acids is 1. The van der Waals surface area contributed by atoms with Crippen molar-refractivity contribution in [2.24, 2.45) is 0 Å². The van der Waals surface area contributed by atoms with Gasteiger partial charge in [0.05, 0.1) is 6.42 Å². The van der Waals surface area contributed by atoms with E-state index in [9.17, 15) is 14.4 Å². The van der Waals surface area contributed by atoms with Crippen LogP contribution in [0.25, 0.3) is 0 Å². The van der Waals surface area contributed by atoms with E-state index in [-0.39, 0.29) is 6.54 Å². The van der Waals surface area contributed by atoms with Crippen LogP contribution in [0.2, 0.25) is 0 Å². The van der Waals surface area contributed by atoms with Crippen molar-refractivity contribution in [1.29, 1.82) is 0 Å². The molecule has 0 radical (unpaired) electrons. The van der Waals surface area contributed by atoms with Gasteiger partial charge in [-0.15, -0.1) is 12.3 Å². The molecule has 16 heavy (non-hydrogen) atoms. The number of carboxylic acid groups (broad SMARTS) is 2. The molecule has 1 atom stereocenters. The fourth-order valence-electron chi connectivity index (χ4n) is 0.832. The summed E-state index contributed by atoms with van der Waals surface area (Å²) < 4.78 is 0. The highest BCUT2D eigenvalue weighted by Gasteiger charge is 2.22. The van der Waals surface area contributed by atoms with Crippen LogP contribution in [0.15, 0.2) is 0 Å². The SMILES string of the molecule is C#CCCNC(=O)N[C@H](CC(=O)O)C(=O)O. The van der Waals surface area contributed by atoms with Gasteiger partial charge in [-0.05, 0) is 0 Å². The Balaban J connectivity index is 4.09. The molecular formula is C9H12N2O5. The summed E-state index contributed by atoms with van der Waals surface area (Å²) in [6, 6.07) is -2.22. The van der Waals surface area contributed by atoms with E-state index < -0.39 is 30.4 Å². The van der Waals surface area contributed by atoms with Gasteiger partial charge in [0.2, 0.25) is 0 Å². The quantitative estimate of drug-likeness (QED) is 0.352. The molecule has 4 N–H and O–H groups in total. The number of hydrogen-bond acceptors (Lipinski definition) is 3. The number of carboxylic acids is 2. The molecule has 2 amide bonds. The number of aliphatic carboxylic acids is 2. The molecule has 0 saturated heterocycles. The largest absolute Gasteiger partial charge is 0.481 e. The van der Waals surface area contributed by atoms with E-state index in [0.29, 0.717) is 6.42 Å². The third kappa shape index (κ3) is 6.26. The van der Waals surface area contributed by atoms with Gasteiger partial charge in [-0.3, -0.25) is 4.79 Å². The van der Waals surface area contributed by atoms with E-state index in [1.165, 1.54) is 0 Å². The van der Waals surface area contributed by atoms with Crippen LogP contribution in [-0.2, 0) is 9.59 Å². The molecule has 88 valence electrons. The molecule has 0 aliphatic carbocycles. The predicted molar refractivity (Wildman–Crippen MR) is 53.7 cm³/mol. The van der Waals surface area contributed by atoms with Gasteiger partial charge in [0.1, 0.15) is 6.04 Å². The fourth-order valence-corrected chi connectivity index (χ4v) is 0.832. The maximum absolute atomic E-state index is 11.1. The molecule has 0 heterocycles. The number of rotatable bonds is 6. The summed E-state index contributed by atoms with van der Waals surface area (Å²) in [7, 11) is 0. The summed E-state index contributed by atoms with van der Waals surface area (Å²) in [6.45, 7) is 0.196. The molecule has 0 aromatic rings. The molecule has 0 bridgehead atoms. The molecule has 0 aromatic heterocycles. The maximum atomic E-state index is 11.1. The van der Waals surface area contributed by atoms with E-state index in [0.717, 1.165) is 0 Å². The number of hydrogen-bond donors (Lipinski definition) is 4. The molecule has 0 unspecified atom stereocenters. The summed E-state index contributed by atoms with van der Waals surface area (Å²) in [4.78, 5) is 31.9. The Bertz CT molecular complexity index is 320. The van der Waals surface area contributed by atoms with Crippen LogP contribution in [0.3, 0.4) is 0 Å². The van der Waals surface area contributed by atoms with Crippen LogP contribution >= 0.6 is 0 Å². The number of carbonyl (C=O) groups is 3. The second-order valence-corrected chi connectivity index (χ2v) is 2.84. The lowest BCUT2D eigenvalue weighted by Gasteiger charge is -2.12. The average Bonchev–Trinajstić information content (AvgIpc) is 2.16. The van der Waals surface area contributed by atoms with Crippen LogP contribution in [0.5, 0.6) is 0 Å². The number of terminal acetylenes is 1. The van der Waals surface area contributed by atoms with Crippen molar-refractivity contribution in [3.05, 3.63) is 0 Å². The molecule has 0 fully saturated rings. The number of urea groups is 1. The minimum absolute atomic E-state index is 0.196. The van der Waals surface area contributed by atoms with Gasteiger partial charge >= 0.3 is 18.0 Å². The molecule has 7 heteroatoms. The second-order valence-electron chi connectivity index (χ2n) is 2.84. The Morgan fingerprint density at radius 2 is 1.94 bits per heavy atom. The summed E-state index contributed by atoms with van der Waals surface area (Å²) in [6.07, 6.45) is 4.56. The smallest absolute Gasteiger partial charge is 0.326 e. The maximum Gasteiger partial charge on any atom is 0.326 e. The van der Waals surface area contributed by atoms with Crippen molar-refractivity contribution in [3.63, 3.8) is 0 Å². The fraction of sp³-hybridized carbons (Fsp3) is 0.444. The van der Waals surface area contributed by atoms with Gasteiger partial charge in [-0.1, -0.05) is 0 Å². The molecule has 0 aliphatic rings. The molecule has 0 rings (SSSR count). The number of nitrogens with one attached hydrogen (secondary N) is 2. The molecule has 7 nitrogen and oxygen atoms in total. The minimum Gasteiger partial charge on any atom is -0.481 e. The predicted octanol–water partition coefficient (Wildman–Crippen LogP) is -0.763. The lowest BCUT2D eigenvalue weighted by molar-refractivity contribution is -0.145. The summed E-state index contributed by atoms with van der Waals surface area (Å²) in [5, 5.41) is 21.3. The van der Waals surface area contributed by atoms with Gasteiger partial charge in [0.25, 0.3) is 0 Å². The van der Waals surface area contributed by atoms with E-state index in [4.69, 9.17) is 16.6 Å². The molecule has 0 aliphatic heterocycles. The Morgan fingerprint density at radius 1 is 1.31 bits per heavy atom. The van der Waals surface area contributed by atoms with Crippen molar-refractivity contribution < 1.29 is 24.6 Å². The van der Waals surface area contributed by atoms with Gasteiger partial charge in [-0.25, -0.2) is 9.59 Å². The highest BCUT2D eigenvalue weighted by molar-refractivity contribution is 5.86. The van der Waals surface area contributed by atoms with Crippen LogP contribution in [0.1, 0.15) is 12.8 Å². The van der Waals surface area contributed by atoms with Crippen molar-refractivity contribution in [1.82, 2.24) is 10.6 Å². The van der Waals surface area contributed by atoms with Gasteiger partial charge in [0.15, 0.2) is 0 Å². The van der Waals surface area contributed by atoms with Crippen LogP contribution < -0.4 is 10.6 Å². The second kappa shape index (κ2) is 7.11. The Morgan fingerprint density at radius 3 is 2.38 bits per heavy atom. The van der Waals surface area contributed by atoms with E-state index in [1.54, 1.807) is 0 Å². The first-order valence-electron chi connectivity index (χ1n) is 4.39. The zero-order chi connectivity index (χ0) is 12.6. The molecule has 0 aromatic carbocycles. The summed E-state index contributed by atoms with van der Waals surface area (Å²) in [5.74, 6) is -0.438. The molecular weight excluding hydrogens is 216 g/mol. The Labute approximate surface area is 91.8 Å². The van der Waals surface area contributed by atoms with Gasteiger partial charge in [-0.2, -0.15) is 0 Å². The molecule has 0 saturated carbocycles. The normalized spacial score (nSPS) is 10.9. The highest BCUT2D eigenvalue weighted by Crippen LogP contribution is 1.92. The summed E-state index contributed by atoms with van der Waals surface area (Å²) in [5.41, 5.74) is 0. The zero-order valence-corrected chi connectivity index (χ0v) is 8.40. The first kappa shape index (κ1) is 13.8. The van der Waals surface area contributed by atoms with Gasteiger partial charge in [0, 0.05) is 13.0 Å². The van der Waals surface area contributed by atoms with E-state index >= 15 is 0 Å². The van der Waals surface area contributed by atoms with Crippen LogP contribution in [0, 0.1) is 12.3 Å². The standard InChI is InChI=1S/C9H12N2O5/c1-2-3-4-10-9(16)11-6(8(14)15)5-7(12)13/h1,6H,3-5H2,(H,12,13)(H,14,15)(H2,10,11,16)/t6-/m1/s1. The average molecular weight is 228 g/mol. The lowest BCUT2D eigenvalue weighted by Crippen LogP contribution is -2.47. The minimum atomic E-state index is -1.46. The highest BCUT2D eigenvalue weighted by atomic mass is 16.4. The lowest BCUT2D eigenvalue weighted by atomic mass is 10.2. The number of amides is 2. The van der Waals surface area contributed by atoms with Crippen molar-refractivity contribution in [3.8, 4) is 12.3 Å². The van der Waals surface area contributed by atoms with Crippen molar-refractivity contribution >= 4 is 18.0 Å². The third-order valence-corrected chi connectivity index (χ3v) is 1.54. The first-order valence-corrected chi connectivity index (χ1v) is 4.39. The first-order chi connectivity index (χ1) is 7.47. The van der Waals surface area contributed by atoms with E-state index in [1.807, 2.05) is 5.32 Å². The summed E-state index contributed by atoms with van der Waals surface area (Å²) >= 11 is 0. The Kier molecular flexibility index (Phi) is 6.12. The monoisotopic (exact) mass is 228 g/mol.